The number of carbonyl (C=O) groups excluding carboxylic acids is 3. The summed E-state index contributed by atoms with van der Waals surface area (Å²) in [6, 6.07) is 11.9. The number of ether oxygens (including phenoxy) is 1. The molecule has 1 aliphatic heterocycles. The van der Waals surface area contributed by atoms with E-state index in [0.29, 0.717) is 28.5 Å². The van der Waals surface area contributed by atoms with E-state index in [9.17, 15) is 14.4 Å². The first-order valence-electron chi connectivity index (χ1n) is 8.45. The van der Waals surface area contributed by atoms with Crippen LogP contribution in [0.2, 0.25) is 5.02 Å². The Balaban J connectivity index is 1.70. The van der Waals surface area contributed by atoms with Crippen molar-refractivity contribution in [3.63, 3.8) is 0 Å². The minimum atomic E-state index is -0.462. The van der Waals surface area contributed by atoms with Gasteiger partial charge in [-0.1, -0.05) is 17.7 Å². The number of benzene rings is 2. The smallest absolute Gasteiger partial charge is 0.337 e. The number of anilines is 2. The van der Waals surface area contributed by atoms with Gasteiger partial charge in [-0.2, -0.15) is 0 Å². The first kappa shape index (κ1) is 18.9. The number of hydrogen-bond donors (Lipinski definition) is 1. The molecule has 0 aliphatic carbocycles. The molecule has 0 bridgehead atoms. The van der Waals surface area contributed by atoms with Gasteiger partial charge in [0.25, 0.3) is 0 Å². The van der Waals surface area contributed by atoms with E-state index in [0.717, 1.165) is 5.56 Å². The van der Waals surface area contributed by atoms with Gasteiger partial charge in [-0.05, 0) is 48.9 Å². The Kier molecular flexibility index (Phi) is 5.46. The monoisotopic (exact) mass is 386 g/mol. The van der Waals surface area contributed by atoms with E-state index < -0.39 is 11.9 Å². The number of esters is 1. The van der Waals surface area contributed by atoms with Crippen LogP contribution in [-0.4, -0.2) is 31.4 Å². The average Bonchev–Trinajstić information content (AvgIpc) is 3.04. The summed E-state index contributed by atoms with van der Waals surface area (Å²) >= 11 is 5.99. The number of amides is 2. The summed E-state index contributed by atoms with van der Waals surface area (Å²) in [7, 11) is 1.32. The summed E-state index contributed by atoms with van der Waals surface area (Å²) in [4.78, 5) is 38.1. The topological polar surface area (TPSA) is 75.7 Å². The predicted molar refractivity (Wildman–Crippen MR) is 103 cm³/mol. The molecule has 2 aromatic rings. The first-order chi connectivity index (χ1) is 12.9. The molecule has 0 aromatic heterocycles. The quantitative estimate of drug-likeness (QED) is 0.817. The lowest BCUT2D eigenvalue weighted by Crippen LogP contribution is -2.28. The first-order valence-corrected chi connectivity index (χ1v) is 8.82. The summed E-state index contributed by atoms with van der Waals surface area (Å²) in [6.07, 6.45) is 0.137. The van der Waals surface area contributed by atoms with Crippen molar-refractivity contribution in [3.05, 3.63) is 58.6 Å². The number of halogens is 1. The Bertz CT molecular complexity index is 913. The molecular weight excluding hydrogens is 368 g/mol. The molecule has 1 aliphatic rings. The average molecular weight is 387 g/mol. The van der Waals surface area contributed by atoms with E-state index in [1.54, 1.807) is 54.3 Å². The van der Waals surface area contributed by atoms with Gasteiger partial charge >= 0.3 is 5.97 Å². The van der Waals surface area contributed by atoms with Crippen LogP contribution in [0, 0.1) is 12.8 Å². The third-order valence-electron chi connectivity index (χ3n) is 4.52. The normalized spacial score (nSPS) is 16.3. The van der Waals surface area contributed by atoms with Gasteiger partial charge in [0.05, 0.1) is 18.6 Å². The largest absolute Gasteiger partial charge is 0.465 e. The van der Waals surface area contributed by atoms with Crippen LogP contribution in [0.25, 0.3) is 0 Å². The second-order valence-corrected chi connectivity index (χ2v) is 6.83. The summed E-state index contributed by atoms with van der Waals surface area (Å²) < 4.78 is 4.69. The Hall–Kier alpha value is -2.86. The van der Waals surface area contributed by atoms with Crippen LogP contribution in [-0.2, 0) is 14.3 Å². The molecule has 27 heavy (non-hydrogen) atoms. The highest BCUT2D eigenvalue weighted by molar-refractivity contribution is 6.31. The van der Waals surface area contributed by atoms with Gasteiger partial charge in [-0.25, -0.2) is 4.79 Å². The lowest BCUT2D eigenvalue weighted by atomic mass is 10.1. The second-order valence-electron chi connectivity index (χ2n) is 6.40. The van der Waals surface area contributed by atoms with Crippen molar-refractivity contribution in [1.82, 2.24) is 0 Å². The van der Waals surface area contributed by atoms with Crippen LogP contribution < -0.4 is 10.2 Å². The molecule has 1 unspecified atom stereocenters. The highest BCUT2D eigenvalue weighted by Crippen LogP contribution is 2.28. The van der Waals surface area contributed by atoms with Crippen LogP contribution in [0.1, 0.15) is 22.3 Å². The lowest BCUT2D eigenvalue weighted by Gasteiger charge is -2.17. The number of nitrogens with zero attached hydrogens (tertiary/aromatic N) is 1. The Morgan fingerprint density at radius 1 is 1.22 bits per heavy atom. The van der Waals surface area contributed by atoms with E-state index in [1.165, 1.54) is 7.11 Å². The lowest BCUT2D eigenvalue weighted by molar-refractivity contribution is -0.122. The number of nitrogens with one attached hydrogen (secondary N) is 1. The molecular formula is C20H19ClN2O4. The van der Waals surface area contributed by atoms with Crippen LogP contribution in [0.3, 0.4) is 0 Å². The highest BCUT2D eigenvalue weighted by atomic mass is 35.5. The maximum atomic E-state index is 12.6. The Morgan fingerprint density at radius 3 is 2.67 bits per heavy atom. The third kappa shape index (κ3) is 4.11. The summed E-state index contributed by atoms with van der Waals surface area (Å²) in [5.41, 5.74) is 2.43. The Morgan fingerprint density at radius 2 is 2.00 bits per heavy atom. The predicted octanol–water partition coefficient (Wildman–Crippen LogP) is 3.43. The molecule has 2 amide bonds. The Labute approximate surface area is 162 Å². The fourth-order valence-corrected chi connectivity index (χ4v) is 3.24. The van der Waals surface area contributed by atoms with Crippen molar-refractivity contribution >= 4 is 40.8 Å². The maximum absolute atomic E-state index is 12.6. The second kappa shape index (κ2) is 7.80. The minimum Gasteiger partial charge on any atom is -0.465 e. The molecule has 1 N–H and O–H groups in total. The van der Waals surface area contributed by atoms with E-state index in [-0.39, 0.29) is 18.2 Å². The highest BCUT2D eigenvalue weighted by Gasteiger charge is 2.35. The number of rotatable bonds is 4. The summed E-state index contributed by atoms with van der Waals surface area (Å²) in [6.45, 7) is 2.09. The van der Waals surface area contributed by atoms with Crippen molar-refractivity contribution in [2.45, 2.75) is 13.3 Å². The molecule has 1 saturated heterocycles. The maximum Gasteiger partial charge on any atom is 0.337 e. The molecule has 3 rings (SSSR count). The van der Waals surface area contributed by atoms with Gasteiger partial charge in [0.2, 0.25) is 11.8 Å². The van der Waals surface area contributed by atoms with Gasteiger partial charge in [-0.3, -0.25) is 9.59 Å². The fourth-order valence-electron chi connectivity index (χ4n) is 3.06. The van der Waals surface area contributed by atoms with Gasteiger partial charge in [0.1, 0.15) is 0 Å². The fraction of sp³-hybridized carbons (Fsp3) is 0.250. The molecule has 6 nitrogen and oxygen atoms in total. The minimum absolute atomic E-state index is 0.116. The molecule has 1 atom stereocenters. The van der Waals surface area contributed by atoms with Crippen molar-refractivity contribution in [1.29, 1.82) is 0 Å². The van der Waals surface area contributed by atoms with Crippen LogP contribution >= 0.6 is 11.6 Å². The molecule has 0 radical (unpaired) electrons. The molecule has 1 fully saturated rings. The zero-order valence-corrected chi connectivity index (χ0v) is 15.7. The van der Waals surface area contributed by atoms with Gasteiger partial charge in [0, 0.05) is 29.4 Å². The van der Waals surface area contributed by atoms with Crippen molar-refractivity contribution in [2.75, 3.05) is 23.9 Å². The van der Waals surface area contributed by atoms with Crippen LogP contribution in [0.4, 0.5) is 11.4 Å². The van der Waals surface area contributed by atoms with Crippen molar-refractivity contribution in [2.24, 2.45) is 5.92 Å². The van der Waals surface area contributed by atoms with Crippen molar-refractivity contribution < 1.29 is 19.1 Å². The zero-order chi connectivity index (χ0) is 19.6. The summed E-state index contributed by atoms with van der Waals surface area (Å²) in [5, 5.41) is 3.38. The van der Waals surface area contributed by atoms with Crippen LogP contribution in [0.5, 0.6) is 0 Å². The van der Waals surface area contributed by atoms with E-state index in [1.807, 2.05) is 0 Å². The van der Waals surface area contributed by atoms with Crippen molar-refractivity contribution in [3.8, 4) is 0 Å². The van der Waals surface area contributed by atoms with E-state index >= 15 is 0 Å². The summed E-state index contributed by atoms with van der Waals surface area (Å²) in [5.74, 6) is -1.25. The zero-order valence-electron chi connectivity index (χ0n) is 15.0. The number of carbonyl (C=O) groups is 3. The van der Waals surface area contributed by atoms with Gasteiger partial charge in [-0.15, -0.1) is 0 Å². The standard InChI is InChI=1S/C20H19ClN2O4/c1-12-8-13(20(26)27-2)6-7-17(12)22-19(25)14-9-18(24)23(11-14)16-5-3-4-15(21)10-16/h3-8,10,14H,9,11H2,1-2H3,(H,22,25). The SMILES string of the molecule is COC(=O)c1ccc(NC(=O)C2CC(=O)N(c3cccc(Cl)c3)C2)c(C)c1. The molecule has 140 valence electrons. The number of methoxy groups -OCH3 is 1. The number of aryl methyl sites for hydroxylation is 1. The van der Waals surface area contributed by atoms with Gasteiger partial charge in [0.15, 0.2) is 0 Å². The van der Waals surface area contributed by atoms with E-state index in [4.69, 9.17) is 11.6 Å². The molecule has 0 spiro atoms. The number of hydrogen-bond acceptors (Lipinski definition) is 4. The van der Waals surface area contributed by atoms with Crippen LogP contribution in [0.15, 0.2) is 42.5 Å². The molecule has 0 saturated carbocycles. The van der Waals surface area contributed by atoms with E-state index in [2.05, 4.69) is 10.1 Å². The third-order valence-corrected chi connectivity index (χ3v) is 4.76. The molecule has 2 aromatic carbocycles. The molecule has 1 heterocycles. The van der Waals surface area contributed by atoms with Gasteiger partial charge < -0.3 is 15.0 Å². The molecule has 7 heteroatoms.